The molecule has 0 fully saturated rings. The molecule has 1 aromatic rings. The van der Waals surface area contributed by atoms with Crippen molar-refractivity contribution >= 4 is 12.1 Å². The molecule has 0 radical (unpaired) electrons. The molecule has 0 saturated carbocycles. The summed E-state index contributed by atoms with van der Waals surface area (Å²) in [5, 5.41) is 11.0. The van der Waals surface area contributed by atoms with Crippen LogP contribution >= 0.6 is 0 Å². The molecule has 0 saturated heterocycles. The topological polar surface area (TPSA) is 102 Å². The molecule has 1 atom stereocenters. The number of benzene rings is 1. The third kappa shape index (κ3) is 6.49. The predicted molar refractivity (Wildman–Crippen MR) is 74.4 cm³/mol. The Bertz CT molecular complexity index is 497. The number of rotatable bonds is 8. The Morgan fingerprint density at radius 2 is 1.95 bits per heavy atom. The molecule has 1 amide bonds. The number of carbonyl (C=O) groups excluding carboxylic acids is 1. The van der Waals surface area contributed by atoms with Crippen LogP contribution in [0.1, 0.15) is 18.4 Å². The van der Waals surface area contributed by atoms with Crippen LogP contribution in [0.4, 0.5) is 13.6 Å². The molecule has 1 aromatic carbocycles. The predicted octanol–water partition coefficient (Wildman–Crippen LogP) is 1.74. The summed E-state index contributed by atoms with van der Waals surface area (Å²) >= 11 is 0. The Kier molecular flexibility index (Phi) is 6.71. The molecular formula is C14H18F2N2O4. The number of nitrogens with two attached hydrogens (primary N) is 1. The number of amides is 1. The lowest BCUT2D eigenvalue weighted by atomic mass is 10.1. The van der Waals surface area contributed by atoms with Gasteiger partial charge in [-0.3, -0.25) is 0 Å². The van der Waals surface area contributed by atoms with Crippen LogP contribution in [-0.4, -0.2) is 35.7 Å². The molecule has 0 bridgehead atoms. The first-order valence-electron chi connectivity index (χ1n) is 6.62. The van der Waals surface area contributed by atoms with Crippen LogP contribution in [0, 0.1) is 0 Å². The number of hydrogen-bond donors (Lipinski definition) is 3. The van der Waals surface area contributed by atoms with E-state index in [1.165, 1.54) is 0 Å². The van der Waals surface area contributed by atoms with Crippen LogP contribution < -0.4 is 11.1 Å². The van der Waals surface area contributed by atoms with Crippen LogP contribution in [0.25, 0.3) is 0 Å². The quantitative estimate of drug-likeness (QED) is 0.678. The highest BCUT2D eigenvalue weighted by Crippen LogP contribution is 2.19. The average Bonchev–Trinajstić information content (AvgIpc) is 2.50. The van der Waals surface area contributed by atoms with Crippen molar-refractivity contribution in [3.63, 3.8) is 0 Å². The summed E-state index contributed by atoms with van der Waals surface area (Å²) in [5.41, 5.74) is 5.59. The van der Waals surface area contributed by atoms with Gasteiger partial charge in [0.25, 0.3) is 5.92 Å². The van der Waals surface area contributed by atoms with E-state index in [2.05, 4.69) is 0 Å². The third-order valence-corrected chi connectivity index (χ3v) is 2.90. The van der Waals surface area contributed by atoms with Crippen molar-refractivity contribution in [1.82, 2.24) is 5.32 Å². The van der Waals surface area contributed by atoms with Crippen molar-refractivity contribution in [2.24, 2.45) is 5.73 Å². The van der Waals surface area contributed by atoms with Gasteiger partial charge in [0, 0.05) is 6.42 Å². The number of carboxylic acids is 1. The van der Waals surface area contributed by atoms with Crippen molar-refractivity contribution in [3.05, 3.63) is 35.9 Å². The van der Waals surface area contributed by atoms with Gasteiger partial charge in [0.05, 0.1) is 6.54 Å². The Labute approximate surface area is 126 Å². The van der Waals surface area contributed by atoms with Gasteiger partial charge in [-0.25, -0.2) is 18.4 Å². The van der Waals surface area contributed by atoms with E-state index >= 15 is 0 Å². The maximum atomic E-state index is 13.0. The maximum Gasteiger partial charge on any atom is 0.408 e. The fraction of sp³-hybridized carbons (Fsp3) is 0.429. The largest absolute Gasteiger partial charge is 0.480 e. The molecule has 0 aliphatic rings. The number of alkyl carbamates (subject to hydrolysis) is 1. The first-order chi connectivity index (χ1) is 10.3. The monoisotopic (exact) mass is 316 g/mol. The number of carboxylic acid groups (broad SMARTS) is 1. The van der Waals surface area contributed by atoms with Gasteiger partial charge in [-0.1, -0.05) is 30.3 Å². The summed E-state index contributed by atoms with van der Waals surface area (Å²) in [5.74, 6) is -4.58. The van der Waals surface area contributed by atoms with Crippen molar-refractivity contribution in [2.75, 3.05) is 6.54 Å². The van der Waals surface area contributed by atoms with Crippen molar-refractivity contribution < 1.29 is 28.2 Å². The lowest BCUT2D eigenvalue weighted by Crippen LogP contribution is -2.42. The Hall–Kier alpha value is -2.22. The molecule has 4 N–H and O–H groups in total. The molecule has 0 aromatic heterocycles. The Morgan fingerprint density at radius 3 is 2.50 bits per heavy atom. The van der Waals surface area contributed by atoms with Gasteiger partial charge in [-0.15, -0.1) is 0 Å². The normalized spacial score (nSPS) is 12.5. The molecule has 0 heterocycles. The van der Waals surface area contributed by atoms with Gasteiger partial charge in [0.15, 0.2) is 0 Å². The highest BCUT2D eigenvalue weighted by Gasteiger charge is 2.30. The minimum Gasteiger partial charge on any atom is -0.480 e. The third-order valence-electron chi connectivity index (χ3n) is 2.90. The summed E-state index contributed by atoms with van der Waals surface area (Å²) in [6.07, 6.45) is -2.16. The fourth-order valence-corrected chi connectivity index (χ4v) is 1.62. The second-order valence-electron chi connectivity index (χ2n) is 4.70. The van der Waals surface area contributed by atoms with Gasteiger partial charge in [-0.2, -0.15) is 0 Å². The molecule has 1 rings (SSSR count). The van der Waals surface area contributed by atoms with Crippen LogP contribution in [0.3, 0.4) is 0 Å². The smallest absolute Gasteiger partial charge is 0.408 e. The summed E-state index contributed by atoms with van der Waals surface area (Å²) in [4.78, 5) is 22.5. The maximum absolute atomic E-state index is 13.0. The van der Waals surface area contributed by atoms with Gasteiger partial charge in [0.1, 0.15) is 12.6 Å². The minimum absolute atomic E-state index is 0.0437. The number of nitrogens with one attached hydrogen (secondary N) is 1. The molecule has 6 nitrogen and oxygen atoms in total. The first kappa shape index (κ1) is 17.8. The van der Waals surface area contributed by atoms with Crippen LogP contribution in [-0.2, 0) is 16.1 Å². The number of ether oxygens (including phenoxy) is 1. The number of hydrogen-bond acceptors (Lipinski definition) is 4. The van der Waals surface area contributed by atoms with Crippen molar-refractivity contribution in [2.45, 2.75) is 31.4 Å². The van der Waals surface area contributed by atoms with Crippen LogP contribution in [0.2, 0.25) is 0 Å². The fourth-order valence-electron chi connectivity index (χ4n) is 1.62. The van der Waals surface area contributed by atoms with Gasteiger partial charge in [0.2, 0.25) is 0 Å². The second kappa shape index (κ2) is 8.28. The Morgan fingerprint density at radius 1 is 1.32 bits per heavy atom. The summed E-state index contributed by atoms with van der Waals surface area (Å²) < 4.78 is 30.9. The van der Waals surface area contributed by atoms with Crippen LogP contribution in [0.5, 0.6) is 0 Å². The molecule has 22 heavy (non-hydrogen) atoms. The molecule has 0 unspecified atom stereocenters. The molecule has 0 spiro atoms. The number of halogens is 2. The first-order valence-corrected chi connectivity index (χ1v) is 6.62. The minimum atomic E-state index is -3.16. The molecule has 0 aliphatic carbocycles. The summed E-state index contributed by atoms with van der Waals surface area (Å²) in [6, 6.07) is 7.30. The highest BCUT2D eigenvalue weighted by atomic mass is 19.3. The van der Waals surface area contributed by atoms with E-state index < -0.39 is 43.4 Å². The zero-order chi connectivity index (χ0) is 16.6. The highest BCUT2D eigenvalue weighted by molar-refractivity contribution is 5.79. The zero-order valence-electron chi connectivity index (χ0n) is 11.8. The molecule has 0 aliphatic heterocycles. The number of aliphatic carboxylic acids is 1. The Balaban J connectivity index is 2.45. The van der Waals surface area contributed by atoms with Gasteiger partial charge >= 0.3 is 12.1 Å². The number of alkyl halides is 2. The van der Waals surface area contributed by atoms with E-state index in [0.29, 0.717) is 0 Å². The molecule has 8 heteroatoms. The van der Waals surface area contributed by atoms with E-state index in [1.54, 1.807) is 30.3 Å². The average molecular weight is 316 g/mol. The SMILES string of the molecule is NCC(F)(F)CC[C@H](NC(=O)OCc1ccccc1)C(=O)O. The van der Waals surface area contributed by atoms with Crippen molar-refractivity contribution in [3.8, 4) is 0 Å². The van der Waals surface area contributed by atoms with E-state index in [0.717, 1.165) is 5.56 Å². The van der Waals surface area contributed by atoms with E-state index in [4.69, 9.17) is 15.6 Å². The van der Waals surface area contributed by atoms with Crippen LogP contribution in [0.15, 0.2) is 30.3 Å². The van der Waals surface area contributed by atoms with E-state index in [9.17, 15) is 18.4 Å². The van der Waals surface area contributed by atoms with Crippen molar-refractivity contribution in [1.29, 1.82) is 0 Å². The lowest BCUT2D eigenvalue weighted by Gasteiger charge is -2.18. The van der Waals surface area contributed by atoms with Gasteiger partial charge < -0.3 is 20.9 Å². The standard InChI is InChI=1S/C14H18F2N2O4/c15-14(16,9-17)7-6-11(12(19)20)18-13(21)22-8-10-4-2-1-3-5-10/h1-5,11H,6-9,17H2,(H,18,21)(H,19,20)/t11-/m0/s1. The summed E-state index contributed by atoms with van der Waals surface area (Å²) in [6.45, 7) is -0.921. The molecular weight excluding hydrogens is 298 g/mol. The zero-order valence-corrected chi connectivity index (χ0v) is 11.8. The van der Waals surface area contributed by atoms with E-state index in [1.807, 2.05) is 5.32 Å². The second-order valence-corrected chi connectivity index (χ2v) is 4.70. The summed E-state index contributed by atoms with van der Waals surface area (Å²) in [7, 11) is 0. The molecule has 122 valence electrons. The lowest BCUT2D eigenvalue weighted by molar-refractivity contribution is -0.140. The van der Waals surface area contributed by atoms with Gasteiger partial charge in [-0.05, 0) is 12.0 Å². The van der Waals surface area contributed by atoms with E-state index in [-0.39, 0.29) is 6.61 Å². The number of carbonyl (C=O) groups is 2.